The fourth-order valence-electron chi connectivity index (χ4n) is 3.37. The molecule has 0 saturated heterocycles. The van der Waals surface area contributed by atoms with E-state index in [2.05, 4.69) is 26.3 Å². The van der Waals surface area contributed by atoms with Gasteiger partial charge in [0.1, 0.15) is 6.54 Å². The number of benzene rings is 1. The van der Waals surface area contributed by atoms with Crippen molar-refractivity contribution >= 4 is 23.3 Å². The summed E-state index contributed by atoms with van der Waals surface area (Å²) in [5, 5.41) is 6.00. The van der Waals surface area contributed by atoms with Crippen molar-refractivity contribution in [3.05, 3.63) is 52.6 Å². The number of carbonyl (C=O) groups is 2. The zero-order valence-electron chi connectivity index (χ0n) is 18.2. The molecular formula is C22H21F3N6O2. The maximum Gasteiger partial charge on any atom is 0.453 e. The van der Waals surface area contributed by atoms with Crippen molar-refractivity contribution in [3.63, 3.8) is 0 Å². The molecule has 3 rings (SSSR count). The van der Waals surface area contributed by atoms with Crippen molar-refractivity contribution < 1.29 is 22.8 Å². The van der Waals surface area contributed by atoms with E-state index in [1.165, 1.54) is 11.9 Å². The van der Waals surface area contributed by atoms with E-state index in [4.69, 9.17) is 6.42 Å². The summed E-state index contributed by atoms with van der Waals surface area (Å²) in [5.74, 6) is 0.312. The number of nitrogens with zero attached hydrogens (tertiary/aromatic N) is 5. The van der Waals surface area contributed by atoms with Crippen LogP contribution < -0.4 is 10.2 Å². The predicted octanol–water partition coefficient (Wildman–Crippen LogP) is 2.45. The SMILES string of the molecule is C#Cc1cccc(N(CC(=O)NC)C(=O)CCc2c(C)nc3nc(C(F)(F)F)nn3c2C)c1. The zero-order valence-corrected chi connectivity index (χ0v) is 18.2. The van der Waals surface area contributed by atoms with Crippen LogP contribution in [0.2, 0.25) is 0 Å². The molecular weight excluding hydrogens is 437 g/mol. The van der Waals surface area contributed by atoms with E-state index < -0.39 is 12.0 Å². The molecule has 0 aliphatic rings. The molecule has 33 heavy (non-hydrogen) atoms. The van der Waals surface area contributed by atoms with E-state index in [0.717, 1.165) is 4.52 Å². The summed E-state index contributed by atoms with van der Waals surface area (Å²) >= 11 is 0. The number of rotatable bonds is 6. The Morgan fingerprint density at radius 3 is 2.61 bits per heavy atom. The normalized spacial score (nSPS) is 11.3. The van der Waals surface area contributed by atoms with Crippen LogP contribution in [0.4, 0.5) is 18.9 Å². The molecule has 0 saturated carbocycles. The van der Waals surface area contributed by atoms with Crippen molar-refractivity contribution in [2.45, 2.75) is 32.9 Å². The van der Waals surface area contributed by atoms with E-state index in [1.54, 1.807) is 38.1 Å². The average molecular weight is 458 g/mol. The number of aryl methyl sites for hydroxylation is 2. The highest BCUT2D eigenvalue weighted by Gasteiger charge is 2.37. The van der Waals surface area contributed by atoms with Crippen LogP contribution >= 0.6 is 0 Å². The zero-order chi connectivity index (χ0) is 24.3. The molecule has 172 valence electrons. The Hall–Kier alpha value is -3.94. The van der Waals surface area contributed by atoms with Gasteiger partial charge in [0.15, 0.2) is 0 Å². The molecule has 2 aromatic heterocycles. The quantitative estimate of drug-likeness (QED) is 0.573. The minimum atomic E-state index is -4.70. The van der Waals surface area contributed by atoms with Gasteiger partial charge in [-0.05, 0) is 44.0 Å². The van der Waals surface area contributed by atoms with Crippen molar-refractivity contribution in [3.8, 4) is 12.3 Å². The molecule has 8 nitrogen and oxygen atoms in total. The van der Waals surface area contributed by atoms with E-state index in [9.17, 15) is 22.8 Å². The number of hydrogen-bond donors (Lipinski definition) is 1. The van der Waals surface area contributed by atoms with Crippen molar-refractivity contribution in [1.29, 1.82) is 0 Å². The third-order valence-electron chi connectivity index (χ3n) is 5.10. The van der Waals surface area contributed by atoms with Gasteiger partial charge in [0, 0.05) is 36.1 Å². The van der Waals surface area contributed by atoms with Crippen LogP contribution in [-0.4, -0.2) is 45.0 Å². The Bertz CT molecular complexity index is 1260. The van der Waals surface area contributed by atoms with Gasteiger partial charge in [-0.2, -0.15) is 18.2 Å². The largest absolute Gasteiger partial charge is 0.453 e. The van der Waals surface area contributed by atoms with Gasteiger partial charge < -0.3 is 10.2 Å². The summed E-state index contributed by atoms with van der Waals surface area (Å²) in [6, 6.07) is 6.68. The number of amides is 2. The second-order valence-electron chi connectivity index (χ2n) is 7.25. The Morgan fingerprint density at radius 2 is 1.97 bits per heavy atom. The topological polar surface area (TPSA) is 92.5 Å². The van der Waals surface area contributed by atoms with E-state index >= 15 is 0 Å². The smallest absolute Gasteiger partial charge is 0.358 e. The lowest BCUT2D eigenvalue weighted by molar-refractivity contribution is -0.144. The molecule has 2 amide bonds. The molecule has 2 heterocycles. The van der Waals surface area contributed by atoms with Crippen molar-refractivity contribution in [2.24, 2.45) is 0 Å². The molecule has 0 aliphatic carbocycles. The summed E-state index contributed by atoms with van der Waals surface area (Å²) in [6.45, 7) is 3.01. The lowest BCUT2D eigenvalue weighted by atomic mass is 10.1. The highest BCUT2D eigenvalue weighted by molar-refractivity contribution is 5.98. The van der Waals surface area contributed by atoms with Gasteiger partial charge in [0.2, 0.25) is 11.8 Å². The van der Waals surface area contributed by atoms with Gasteiger partial charge in [0.25, 0.3) is 11.6 Å². The van der Waals surface area contributed by atoms with Crippen molar-refractivity contribution in [1.82, 2.24) is 24.9 Å². The number of alkyl halides is 3. The fourth-order valence-corrected chi connectivity index (χ4v) is 3.37. The number of anilines is 1. The third kappa shape index (κ3) is 5.11. The summed E-state index contributed by atoms with van der Waals surface area (Å²) in [7, 11) is 1.46. The summed E-state index contributed by atoms with van der Waals surface area (Å²) in [5.41, 5.74) is 2.44. The number of hydrogen-bond acceptors (Lipinski definition) is 5. The number of aromatic nitrogens is 4. The fraction of sp³-hybridized carbons (Fsp3) is 0.318. The highest BCUT2D eigenvalue weighted by Crippen LogP contribution is 2.27. The van der Waals surface area contributed by atoms with Gasteiger partial charge in [0.05, 0.1) is 0 Å². The first-order valence-electron chi connectivity index (χ1n) is 9.92. The average Bonchev–Trinajstić information content (AvgIpc) is 3.21. The number of likely N-dealkylation sites (N-methyl/N-ethyl adjacent to an activating group) is 1. The second kappa shape index (κ2) is 9.28. The van der Waals surface area contributed by atoms with Gasteiger partial charge >= 0.3 is 6.18 Å². The van der Waals surface area contributed by atoms with E-state index in [-0.39, 0.29) is 37.0 Å². The maximum absolute atomic E-state index is 13.1. The molecule has 0 unspecified atom stereocenters. The minimum absolute atomic E-state index is 0.0209. The summed E-state index contributed by atoms with van der Waals surface area (Å²) in [6.07, 6.45) is 0.903. The van der Waals surface area contributed by atoms with Crippen LogP contribution in [0.1, 0.15) is 34.8 Å². The van der Waals surface area contributed by atoms with E-state index in [0.29, 0.717) is 28.2 Å². The maximum atomic E-state index is 13.1. The molecule has 1 aromatic carbocycles. The third-order valence-corrected chi connectivity index (χ3v) is 5.10. The lowest BCUT2D eigenvalue weighted by Gasteiger charge is -2.22. The number of carbonyl (C=O) groups excluding carboxylic acids is 2. The Morgan fingerprint density at radius 1 is 1.24 bits per heavy atom. The molecule has 1 N–H and O–H groups in total. The minimum Gasteiger partial charge on any atom is -0.358 e. The van der Waals surface area contributed by atoms with Crippen LogP contribution in [0.25, 0.3) is 5.78 Å². The Kier molecular flexibility index (Phi) is 6.67. The Balaban J connectivity index is 1.89. The predicted molar refractivity (Wildman–Crippen MR) is 114 cm³/mol. The first-order valence-corrected chi connectivity index (χ1v) is 9.92. The van der Waals surface area contributed by atoms with Crippen LogP contribution in [-0.2, 0) is 22.2 Å². The summed E-state index contributed by atoms with van der Waals surface area (Å²) < 4.78 is 40.0. The molecule has 0 spiro atoms. The molecule has 3 aromatic rings. The van der Waals surface area contributed by atoms with E-state index in [1.807, 2.05) is 0 Å². The molecule has 0 radical (unpaired) electrons. The first-order chi connectivity index (χ1) is 15.5. The number of fused-ring (bicyclic) bond motifs is 1. The van der Waals surface area contributed by atoms with Gasteiger partial charge in [-0.15, -0.1) is 11.5 Å². The number of halogens is 3. The first kappa shape index (κ1) is 23.7. The van der Waals surface area contributed by atoms with Gasteiger partial charge in [-0.3, -0.25) is 9.59 Å². The van der Waals surface area contributed by atoms with Gasteiger partial charge in [-0.25, -0.2) is 9.50 Å². The lowest BCUT2D eigenvalue weighted by Crippen LogP contribution is -2.40. The number of terminal acetylenes is 1. The molecule has 0 atom stereocenters. The molecule has 11 heteroatoms. The Labute approximate surface area is 187 Å². The second-order valence-corrected chi connectivity index (χ2v) is 7.25. The number of nitrogens with one attached hydrogen (secondary N) is 1. The highest BCUT2D eigenvalue weighted by atomic mass is 19.4. The van der Waals surface area contributed by atoms with Crippen LogP contribution in [0, 0.1) is 26.2 Å². The van der Waals surface area contributed by atoms with Crippen LogP contribution in [0.5, 0.6) is 0 Å². The molecule has 0 aliphatic heterocycles. The van der Waals surface area contributed by atoms with Crippen molar-refractivity contribution in [2.75, 3.05) is 18.5 Å². The van der Waals surface area contributed by atoms with Gasteiger partial charge in [-0.1, -0.05) is 12.0 Å². The monoisotopic (exact) mass is 458 g/mol. The van der Waals surface area contributed by atoms with Crippen LogP contribution in [0.15, 0.2) is 24.3 Å². The molecule has 0 fully saturated rings. The standard InChI is InChI=1S/C22H21F3N6O2/c1-5-15-7-6-8-16(11-15)30(12-18(32)26-4)19(33)10-9-17-13(2)27-21-28-20(22(23,24)25)29-31(21)14(17)3/h1,6-8,11H,9-10,12H2,2-4H3,(H,26,32). The van der Waals surface area contributed by atoms with Crippen LogP contribution in [0.3, 0.4) is 0 Å². The molecule has 0 bridgehead atoms. The summed E-state index contributed by atoms with van der Waals surface area (Å²) in [4.78, 5) is 34.0.